The molecule has 0 amide bonds. The maximum atomic E-state index is 11.8. The highest BCUT2D eigenvalue weighted by Gasteiger charge is 2.09. The van der Waals surface area contributed by atoms with E-state index in [1.165, 1.54) is 5.56 Å². The number of unbranched alkanes of at least 4 members (excludes halogenated alkanes) is 1. The largest absolute Gasteiger partial charge is 0.503 e. The van der Waals surface area contributed by atoms with Crippen LogP contribution in [0.15, 0.2) is 41.3 Å². The number of nitrogens with zero attached hydrogens (tertiary/aromatic N) is 2. The van der Waals surface area contributed by atoms with Crippen LogP contribution < -0.4 is 5.43 Å². The van der Waals surface area contributed by atoms with Crippen molar-refractivity contribution in [3.63, 3.8) is 0 Å². The zero-order valence-corrected chi connectivity index (χ0v) is 14.2. The first kappa shape index (κ1) is 17.3. The Morgan fingerprint density at radius 1 is 1.22 bits per heavy atom. The second-order valence-corrected chi connectivity index (χ2v) is 6.22. The third-order valence-corrected chi connectivity index (χ3v) is 4.00. The summed E-state index contributed by atoms with van der Waals surface area (Å²) in [6, 6.07) is 9.85. The SMILES string of the molecule is CCCCN(C)Cc1cc(=O)c(O)cn1Cc1ccc(C)cc1. The lowest BCUT2D eigenvalue weighted by atomic mass is 10.1. The molecule has 0 spiro atoms. The summed E-state index contributed by atoms with van der Waals surface area (Å²) in [5, 5.41) is 9.78. The lowest BCUT2D eigenvalue weighted by Gasteiger charge is -2.20. The molecule has 0 atom stereocenters. The first-order valence-electron chi connectivity index (χ1n) is 8.16. The van der Waals surface area contributed by atoms with Gasteiger partial charge in [-0.25, -0.2) is 0 Å². The summed E-state index contributed by atoms with van der Waals surface area (Å²) < 4.78 is 1.96. The lowest BCUT2D eigenvalue weighted by Crippen LogP contribution is -2.23. The molecule has 0 saturated carbocycles. The van der Waals surface area contributed by atoms with E-state index in [-0.39, 0.29) is 11.2 Å². The molecule has 1 aromatic heterocycles. The minimum absolute atomic E-state index is 0.197. The lowest BCUT2D eigenvalue weighted by molar-refractivity contribution is 0.310. The third-order valence-electron chi connectivity index (χ3n) is 4.00. The molecule has 0 aliphatic carbocycles. The number of aromatic nitrogens is 1. The van der Waals surface area contributed by atoms with Crippen LogP contribution in [0.3, 0.4) is 0 Å². The molecule has 124 valence electrons. The Morgan fingerprint density at radius 3 is 2.57 bits per heavy atom. The number of hydrogen-bond acceptors (Lipinski definition) is 3. The van der Waals surface area contributed by atoms with E-state index in [0.29, 0.717) is 13.1 Å². The van der Waals surface area contributed by atoms with E-state index >= 15 is 0 Å². The molecule has 0 fully saturated rings. The van der Waals surface area contributed by atoms with Gasteiger partial charge >= 0.3 is 0 Å². The van der Waals surface area contributed by atoms with Gasteiger partial charge in [-0.15, -0.1) is 0 Å². The third kappa shape index (κ3) is 4.96. The Kier molecular flexibility index (Phi) is 5.99. The number of rotatable bonds is 7. The fraction of sp³-hybridized carbons (Fsp3) is 0.421. The van der Waals surface area contributed by atoms with Crippen molar-refractivity contribution >= 4 is 0 Å². The second-order valence-electron chi connectivity index (χ2n) is 6.22. The van der Waals surface area contributed by atoms with Crippen LogP contribution in [0.25, 0.3) is 0 Å². The number of pyridine rings is 1. The Bertz CT molecular complexity index is 690. The average molecular weight is 314 g/mol. The number of hydrogen-bond donors (Lipinski definition) is 1. The zero-order valence-electron chi connectivity index (χ0n) is 14.2. The van der Waals surface area contributed by atoms with E-state index in [1.807, 2.05) is 4.57 Å². The van der Waals surface area contributed by atoms with Gasteiger partial charge in [0.15, 0.2) is 5.75 Å². The van der Waals surface area contributed by atoms with Crippen LogP contribution in [0.4, 0.5) is 0 Å². The van der Waals surface area contributed by atoms with Gasteiger partial charge in [0.1, 0.15) is 0 Å². The Hall–Kier alpha value is -2.07. The number of aryl methyl sites for hydroxylation is 1. The van der Waals surface area contributed by atoms with E-state index in [0.717, 1.165) is 30.6 Å². The molecule has 0 aliphatic rings. The predicted molar refractivity (Wildman–Crippen MR) is 93.9 cm³/mol. The summed E-state index contributed by atoms with van der Waals surface area (Å²) in [6.45, 7) is 6.56. The van der Waals surface area contributed by atoms with E-state index in [9.17, 15) is 9.90 Å². The summed E-state index contributed by atoms with van der Waals surface area (Å²) in [5.74, 6) is -0.197. The van der Waals surface area contributed by atoms with E-state index in [2.05, 4.69) is 50.1 Å². The molecule has 4 heteroatoms. The molecule has 0 aliphatic heterocycles. The van der Waals surface area contributed by atoms with E-state index < -0.39 is 0 Å². The molecule has 4 nitrogen and oxygen atoms in total. The van der Waals surface area contributed by atoms with Gasteiger partial charge in [-0.3, -0.25) is 4.79 Å². The quantitative estimate of drug-likeness (QED) is 0.854. The molecule has 1 heterocycles. The molecule has 2 rings (SSSR count). The minimum atomic E-state index is -0.316. The zero-order chi connectivity index (χ0) is 16.8. The molecular formula is C19H26N2O2. The summed E-state index contributed by atoms with van der Waals surface area (Å²) in [4.78, 5) is 14.0. The van der Waals surface area contributed by atoms with Crippen LogP contribution in [0.5, 0.6) is 5.75 Å². The summed E-state index contributed by atoms with van der Waals surface area (Å²) in [7, 11) is 2.06. The van der Waals surface area contributed by atoms with Crippen LogP contribution in [0, 0.1) is 6.92 Å². The predicted octanol–water partition coefficient (Wildman–Crippen LogP) is 3.14. The van der Waals surface area contributed by atoms with Crippen LogP contribution in [0.1, 0.15) is 36.6 Å². The van der Waals surface area contributed by atoms with Gasteiger partial charge in [0.2, 0.25) is 5.43 Å². The molecule has 0 radical (unpaired) electrons. The summed E-state index contributed by atoms with van der Waals surface area (Å²) >= 11 is 0. The standard InChI is InChI=1S/C19H26N2O2/c1-4-5-10-20(3)13-17-11-18(22)19(23)14-21(17)12-16-8-6-15(2)7-9-16/h6-9,11,14,23H,4-5,10,12-13H2,1-3H3. The average Bonchev–Trinajstić information content (AvgIpc) is 2.52. The van der Waals surface area contributed by atoms with Crippen molar-refractivity contribution in [3.05, 3.63) is 63.6 Å². The molecule has 0 saturated heterocycles. The maximum Gasteiger partial charge on any atom is 0.223 e. The highest BCUT2D eigenvalue weighted by Crippen LogP contribution is 2.12. The van der Waals surface area contributed by atoms with Crippen molar-refractivity contribution in [2.45, 2.75) is 39.8 Å². The Labute approximate surface area is 138 Å². The number of benzene rings is 1. The van der Waals surface area contributed by atoms with Crippen LogP contribution >= 0.6 is 0 Å². The topological polar surface area (TPSA) is 45.5 Å². The van der Waals surface area contributed by atoms with Gasteiger partial charge in [-0.2, -0.15) is 0 Å². The van der Waals surface area contributed by atoms with Gasteiger partial charge in [0.05, 0.1) is 6.20 Å². The van der Waals surface area contributed by atoms with Crippen molar-refractivity contribution in [2.75, 3.05) is 13.6 Å². The van der Waals surface area contributed by atoms with Gasteiger partial charge in [0.25, 0.3) is 0 Å². The molecule has 2 aromatic rings. The van der Waals surface area contributed by atoms with Crippen molar-refractivity contribution in [3.8, 4) is 5.75 Å². The molecular weight excluding hydrogens is 288 g/mol. The van der Waals surface area contributed by atoms with E-state index in [1.54, 1.807) is 12.3 Å². The van der Waals surface area contributed by atoms with Crippen molar-refractivity contribution in [1.82, 2.24) is 9.47 Å². The molecule has 1 aromatic carbocycles. The molecule has 1 N–H and O–H groups in total. The van der Waals surface area contributed by atoms with Crippen LogP contribution in [-0.4, -0.2) is 28.2 Å². The van der Waals surface area contributed by atoms with Crippen molar-refractivity contribution in [1.29, 1.82) is 0 Å². The van der Waals surface area contributed by atoms with Crippen LogP contribution in [-0.2, 0) is 13.1 Å². The van der Waals surface area contributed by atoms with Crippen LogP contribution in [0.2, 0.25) is 0 Å². The first-order valence-corrected chi connectivity index (χ1v) is 8.16. The molecule has 0 unspecified atom stereocenters. The van der Waals surface area contributed by atoms with Gasteiger partial charge in [-0.05, 0) is 32.5 Å². The van der Waals surface area contributed by atoms with Gasteiger partial charge < -0.3 is 14.6 Å². The minimum Gasteiger partial charge on any atom is -0.503 e. The van der Waals surface area contributed by atoms with Gasteiger partial charge in [0, 0.05) is 24.8 Å². The van der Waals surface area contributed by atoms with Gasteiger partial charge in [-0.1, -0.05) is 43.2 Å². The number of aromatic hydroxyl groups is 1. The monoisotopic (exact) mass is 314 g/mol. The highest BCUT2D eigenvalue weighted by atomic mass is 16.3. The first-order chi connectivity index (χ1) is 11.0. The summed E-state index contributed by atoms with van der Waals surface area (Å²) in [5.41, 5.74) is 2.98. The molecule has 0 bridgehead atoms. The molecule has 23 heavy (non-hydrogen) atoms. The van der Waals surface area contributed by atoms with Crippen molar-refractivity contribution < 1.29 is 5.11 Å². The Balaban J connectivity index is 2.24. The van der Waals surface area contributed by atoms with E-state index in [4.69, 9.17) is 0 Å². The van der Waals surface area contributed by atoms with Crippen molar-refractivity contribution in [2.24, 2.45) is 0 Å². The summed E-state index contributed by atoms with van der Waals surface area (Å²) in [6.07, 6.45) is 3.83. The fourth-order valence-electron chi connectivity index (χ4n) is 2.56. The smallest absolute Gasteiger partial charge is 0.223 e. The highest BCUT2D eigenvalue weighted by molar-refractivity contribution is 5.25. The Morgan fingerprint density at radius 2 is 1.91 bits per heavy atom. The fourth-order valence-corrected chi connectivity index (χ4v) is 2.56. The normalized spacial score (nSPS) is 11.1. The maximum absolute atomic E-state index is 11.8. The second kappa shape index (κ2) is 7.97.